The van der Waals surface area contributed by atoms with E-state index in [2.05, 4.69) is 25.9 Å². The maximum atomic E-state index is 11.3. The summed E-state index contributed by atoms with van der Waals surface area (Å²) in [6.07, 6.45) is 1.15. The van der Waals surface area contributed by atoms with Crippen LogP contribution in [0.25, 0.3) is 0 Å². The molecule has 0 saturated carbocycles. The average molecular weight is 304 g/mol. The van der Waals surface area contributed by atoms with Crippen molar-refractivity contribution in [3.05, 3.63) is 21.2 Å². The van der Waals surface area contributed by atoms with E-state index in [1.54, 1.807) is 0 Å². The number of carbonyl (C=O) groups excluding carboxylic acids is 2. The first-order valence-corrected chi connectivity index (χ1v) is 5.26. The van der Waals surface area contributed by atoms with Gasteiger partial charge < -0.3 is 21.4 Å². The molecule has 0 aliphatic rings. The number of anilines is 1. The van der Waals surface area contributed by atoms with Crippen LogP contribution in [0.4, 0.5) is 5.82 Å². The number of aromatic nitrogens is 2. The number of halogens is 1. The molecule has 0 bridgehead atoms. The summed E-state index contributed by atoms with van der Waals surface area (Å²) in [7, 11) is 0. The molecule has 0 atom stereocenters. The molecule has 2 amide bonds. The Morgan fingerprint density at radius 2 is 1.88 bits per heavy atom. The minimum atomic E-state index is -0.666. The molecule has 0 fully saturated rings. The third kappa shape index (κ3) is 3.55. The van der Waals surface area contributed by atoms with Crippen molar-refractivity contribution >= 4 is 33.6 Å². The van der Waals surface area contributed by atoms with Crippen molar-refractivity contribution in [2.75, 3.05) is 18.0 Å². The quantitative estimate of drug-likeness (QED) is 0.596. The van der Waals surface area contributed by atoms with E-state index in [0.717, 1.165) is 6.33 Å². The van der Waals surface area contributed by atoms with Crippen molar-refractivity contribution in [2.24, 2.45) is 11.5 Å². The fourth-order valence-electron chi connectivity index (χ4n) is 1.18. The van der Waals surface area contributed by atoms with E-state index in [1.165, 1.54) is 4.90 Å². The molecule has 1 aromatic heterocycles. The third-order valence-electron chi connectivity index (χ3n) is 1.77. The summed E-state index contributed by atoms with van der Waals surface area (Å²) >= 11 is 3.01. The normalized spacial score (nSPS) is 9.94. The van der Waals surface area contributed by atoms with Crippen molar-refractivity contribution in [3.8, 4) is 0 Å². The molecule has 0 saturated heterocycles. The van der Waals surface area contributed by atoms with Gasteiger partial charge in [-0.05, 0) is 15.9 Å². The van der Waals surface area contributed by atoms with Gasteiger partial charge in [0.25, 0.3) is 5.56 Å². The first-order chi connectivity index (χ1) is 7.91. The van der Waals surface area contributed by atoms with E-state index < -0.39 is 17.4 Å². The van der Waals surface area contributed by atoms with Crippen molar-refractivity contribution < 1.29 is 9.59 Å². The van der Waals surface area contributed by atoms with Gasteiger partial charge in [-0.2, -0.15) is 0 Å². The second-order valence-corrected chi connectivity index (χ2v) is 3.95. The van der Waals surface area contributed by atoms with E-state index >= 15 is 0 Å². The summed E-state index contributed by atoms with van der Waals surface area (Å²) < 4.78 is 0.0995. The van der Waals surface area contributed by atoms with Crippen LogP contribution in [-0.4, -0.2) is 34.9 Å². The SMILES string of the molecule is NC(=O)CN(CC(N)=O)c1nc[nH]c(=O)c1Br. The summed E-state index contributed by atoms with van der Waals surface area (Å²) in [4.78, 5) is 40.4. The molecule has 1 aromatic rings. The van der Waals surface area contributed by atoms with Gasteiger partial charge in [0, 0.05) is 0 Å². The highest BCUT2D eigenvalue weighted by Crippen LogP contribution is 2.18. The lowest BCUT2D eigenvalue weighted by Crippen LogP contribution is -2.41. The molecule has 0 radical (unpaired) electrons. The number of hydrogen-bond donors (Lipinski definition) is 3. The monoisotopic (exact) mass is 303 g/mol. The van der Waals surface area contributed by atoms with Crippen LogP contribution < -0.4 is 21.9 Å². The van der Waals surface area contributed by atoms with Gasteiger partial charge in [-0.1, -0.05) is 0 Å². The molecule has 8 nitrogen and oxygen atoms in total. The van der Waals surface area contributed by atoms with Gasteiger partial charge in [-0.3, -0.25) is 14.4 Å². The van der Waals surface area contributed by atoms with E-state index in [1.807, 2.05) is 0 Å². The Kier molecular flexibility index (Phi) is 4.21. The maximum absolute atomic E-state index is 11.3. The number of nitrogens with zero attached hydrogens (tertiary/aromatic N) is 2. The molecule has 0 aliphatic heterocycles. The van der Waals surface area contributed by atoms with Crippen LogP contribution in [0.1, 0.15) is 0 Å². The van der Waals surface area contributed by atoms with Crippen LogP contribution in [-0.2, 0) is 9.59 Å². The number of rotatable bonds is 5. The molecule has 92 valence electrons. The lowest BCUT2D eigenvalue weighted by Gasteiger charge is -2.20. The lowest BCUT2D eigenvalue weighted by atomic mass is 10.4. The molecular weight excluding hydrogens is 294 g/mol. The molecule has 0 aromatic carbocycles. The average Bonchev–Trinajstić information content (AvgIpc) is 2.19. The second kappa shape index (κ2) is 5.43. The van der Waals surface area contributed by atoms with Crippen LogP contribution >= 0.6 is 15.9 Å². The highest BCUT2D eigenvalue weighted by molar-refractivity contribution is 9.10. The fourth-order valence-corrected chi connectivity index (χ4v) is 1.64. The Bertz CT molecular complexity index is 484. The van der Waals surface area contributed by atoms with E-state index in [9.17, 15) is 14.4 Å². The number of hydrogen-bond acceptors (Lipinski definition) is 5. The highest BCUT2D eigenvalue weighted by atomic mass is 79.9. The molecule has 0 aliphatic carbocycles. The van der Waals surface area contributed by atoms with Gasteiger partial charge in [0.2, 0.25) is 11.8 Å². The number of aromatic amines is 1. The topological polar surface area (TPSA) is 135 Å². The Morgan fingerprint density at radius 3 is 2.35 bits per heavy atom. The van der Waals surface area contributed by atoms with Gasteiger partial charge in [0.1, 0.15) is 4.47 Å². The summed E-state index contributed by atoms with van der Waals surface area (Å²) in [5, 5.41) is 0. The molecule has 1 heterocycles. The summed E-state index contributed by atoms with van der Waals surface area (Å²) in [5.74, 6) is -1.20. The molecule has 0 unspecified atom stereocenters. The molecule has 9 heteroatoms. The minimum Gasteiger partial charge on any atom is -0.368 e. The van der Waals surface area contributed by atoms with E-state index in [-0.39, 0.29) is 23.4 Å². The first-order valence-electron chi connectivity index (χ1n) is 4.46. The predicted octanol–water partition coefficient (Wildman–Crippen LogP) is -1.69. The first kappa shape index (κ1) is 13.2. The molecule has 0 spiro atoms. The number of amides is 2. The van der Waals surface area contributed by atoms with Gasteiger partial charge in [-0.15, -0.1) is 0 Å². The zero-order valence-electron chi connectivity index (χ0n) is 8.64. The Balaban J connectivity index is 3.11. The summed E-state index contributed by atoms with van der Waals surface area (Å²) in [5.41, 5.74) is 9.63. The summed E-state index contributed by atoms with van der Waals surface area (Å²) in [6, 6.07) is 0. The van der Waals surface area contributed by atoms with Gasteiger partial charge in [0.05, 0.1) is 19.4 Å². The van der Waals surface area contributed by atoms with Gasteiger partial charge >= 0.3 is 0 Å². The minimum absolute atomic E-state index is 0.0995. The number of nitrogens with two attached hydrogens (primary N) is 2. The molecule has 5 N–H and O–H groups in total. The standard InChI is InChI=1S/C8H10BrN5O3/c9-6-7(12-3-13-8(6)17)14(1-4(10)15)2-5(11)16/h3H,1-2H2,(H2,10,15)(H2,11,16)(H,12,13,17). The van der Waals surface area contributed by atoms with E-state index in [0.29, 0.717) is 0 Å². The Morgan fingerprint density at radius 1 is 1.35 bits per heavy atom. The summed E-state index contributed by atoms with van der Waals surface area (Å²) in [6.45, 7) is -0.532. The van der Waals surface area contributed by atoms with Crippen LogP contribution in [0.5, 0.6) is 0 Å². The number of primary amides is 2. The van der Waals surface area contributed by atoms with Crippen molar-refractivity contribution in [1.82, 2.24) is 9.97 Å². The number of carbonyl (C=O) groups is 2. The van der Waals surface area contributed by atoms with Crippen LogP contribution in [0.2, 0.25) is 0 Å². The van der Waals surface area contributed by atoms with Crippen LogP contribution in [0, 0.1) is 0 Å². The molecule has 1 rings (SSSR count). The largest absolute Gasteiger partial charge is 0.368 e. The van der Waals surface area contributed by atoms with Gasteiger partial charge in [0.15, 0.2) is 5.82 Å². The van der Waals surface area contributed by atoms with Crippen LogP contribution in [0.15, 0.2) is 15.6 Å². The number of H-pyrrole nitrogens is 1. The fraction of sp³-hybridized carbons (Fsp3) is 0.250. The molecule has 17 heavy (non-hydrogen) atoms. The Labute approximate surface area is 104 Å². The predicted molar refractivity (Wildman–Crippen MR) is 63.2 cm³/mol. The van der Waals surface area contributed by atoms with E-state index in [4.69, 9.17) is 11.5 Å². The number of nitrogens with one attached hydrogen (secondary N) is 1. The zero-order chi connectivity index (χ0) is 13.0. The van der Waals surface area contributed by atoms with Crippen molar-refractivity contribution in [3.63, 3.8) is 0 Å². The smallest absolute Gasteiger partial charge is 0.267 e. The van der Waals surface area contributed by atoms with Crippen molar-refractivity contribution in [2.45, 2.75) is 0 Å². The second-order valence-electron chi connectivity index (χ2n) is 3.16. The van der Waals surface area contributed by atoms with Crippen LogP contribution in [0.3, 0.4) is 0 Å². The zero-order valence-corrected chi connectivity index (χ0v) is 10.2. The highest BCUT2D eigenvalue weighted by Gasteiger charge is 2.17. The maximum Gasteiger partial charge on any atom is 0.267 e. The van der Waals surface area contributed by atoms with Crippen molar-refractivity contribution in [1.29, 1.82) is 0 Å². The third-order valence-corrected chi connectivity index (χ3v) is 2.49. The lowest BCUT2D eigenvalue weighted by molar-refractivity contribution is -0.117. The molecular formula is C8H10BrN5O3. The van der Waals surface area contributed by atoms with Gasteiger partial charge in [-0.25, -0.2) is 4.98 Å². The Hall–Kier alpha value is -1.90.